The minimum atomic E-state index is -3.72. The molecule has 0 saturated carbocycles. The van der Waals surface area contributed by atoms with Crippen LogP contribution < -0.4 is 9.62 Å². The van der Waals surface area contributed by atoms with Gasteiger partial charge < -0.3 is 4.90 Å². The van der Waals surface area contributed by atoms with Crippen LogP contribution >= 0.6 is 23.2 Å². The molecule has 0 atom stereocenters. The first kappa shape index (κ1) is 17.4. The Balaban J connectivity index is 1.72. The normalized spacial score (nSPS) is 15.0. The zero-order valence-electron chi connectivity index (χ0n) is 12.7. The lowest BCUT2D eigenvalue weighted by atomic mass is 10.4. The van der Waals surface area contributed by atoms with Gasteiger partial charge in [0.05, 0.1) is 21.5 Å². The Kier molecular flexibility index (Phi) is 5.24. The number of rotatable bonds is 5. The van der Waals surface area contributed by atoms with E-state index in [1.165, 1.54) is 18.2 Å². The van der Waals surface area contributed by atoms with Gasteiger partial charge in [-0.15, -0.1) is 0 Å². The molecule has 3 rings (SSSR count). The van der Waals surface area contributed by atoms with Crippen molar-refractivity contribution in [2.24, 2.45) is 0 Å². The number of hydrogen-bond donors (Lipinski definition) is 1. The van der Waals surface area contributed by atoms with E-state index in [0.717, 1.165) is 31.7 Å². The molecule has 128 valence electrons. The van der Waals surface area contributed by atoms with Crippen LogP contribution in [0.4, 0.5) is 5.82 Å². The molecule has 0 radical (unpaired) electrons. The first-order chi connectivity index (χ1) is 11.5. The predicted octanol–water partition coefficient (Wildman–Crippen LogP) is 2.86. The molecule has 0 spiro atoms. The van der Waals surface area contributed by atoms with Crippen molar-refractivity contribution in [3.8, 4) is 0 Å². The minimum Gasteiger partial charge on any atom is -0.357 e. The van der Waals surface area contributed by atoms with Crippen LogP contribution in [-0.2, 0) is 16.6 Å². The summed E-state index contributed by atoms with van der Waals surface area (Å²) in [5, 5.41) is 0.490. The van der Waals surface area contributed by atoms with Gasteiger partial charge >= 0.3 is 0 Å². The predicted molar refractivity (Wildman–Crippen MR) is 94.0 cm³/mol. The van der Waals surface area contributed by atoms with Gasteiger partial charge in [-0.2, -0.15) is 0 Å². The van der Waals surface area contributed by atoms with Gasteiger partial charge in [0.2, 0.25) is 10.0 Å². The summed E-state index contributed by atoms with van der Waals surface area (Å²) in [6.07, 6.45) is 3.93. The van der Waals surface area contributed by atoms with E-state index in [2.05, 4.69) is 19.6 Å². The molecule has 1 N–H and O–H groups in total. The fourth-order valence-corrected chi connectivity index (χ4v) is 3.85. The summed E-state index contributed by atoms with van der Waals surface area (Å²) in [6.45, 7) is 1.93. The monoisotopic (exact) mass is 386 g/mol. The highest BCUT2D eigenvalue weighted by Gasteiger charge is 2.17. The lowest BCUT2D eigenvalue weighted by molar-refractivity contribution is 0.579. The maximum atomic E-state index is 12.3. The first-order valence-corrected chi connectivity index (χ1v) is 9.71. The van der Waals surface area contributed by atoms with Crippen LogP contribution in [0.15, 0.2) is 35.4 Å². The summed E-state index contributed by atoms with van der Waals surface area (Å²) in [6, 6.07) is 6.00. The van der Waals surface area contributed by atoms with Crippen molar-refractivity contribution in [1.29, 1.82) is 0 Å². The van der Waals surface area contributed by atoms with Gasteiger partial charge in [-0.1, -0.05) is 23.2 Å². The standard InChI is InChI=1S/C15H16Cl2N4O2S/c16-12-4-3-11(9-13(12)17)24(22,23)19-10-14-18-6-5-15(20-14)21-7-1-2-8-21/h3-6,9,19H,1-2,7-8,10H2. The maximum Gasteiger partial charge on any atom is 0.241 e. The van der Waals surface area contributed by atoms with E-state index in [1.54, 1.807) is 6.20 Å². The number of anilines is 1. The zero-order valence-corrected chi connectivity index (χ0v) is 15.1. The van der Waals surface area contributed by atoms with Crippen molar-refractivity contribution in [2.45, 2.75) is 24.3 Å². The molecular formula is C15H16Cl2N4O2S. The fourth-order valence-electron chi connectivity index (χ4n) is 2.48. The number of aromatic nitrogens is 2. The number of sulfonamides is 1. The van der Waals surface area contributed by atoms with Gasteiger partial charge in [0.1, 0.15) is 11.6 Å². The van der Waals surface area contributed by atoms with E-state index in [-0.39, 0.29) is 16.5 Å². The Labute approximate surface area is 150 Å². The maximum absolute atomic E-state index is 12.3. The van der Waals surface area contributed by atoms with Crippen molar-refractivity contribution in [3.05, 3.63) is 46.3 Å². The molecule has 0 bridgehead atoms. The average molecular weight is 387 g/mol. The highest BCUT2D eigenvalue weighted by atomic mass is 35.5. The molecule has 6 nitrogen and oxygen atoms in total. The molecule has 1 saturated heterocycles. The number of benzene rings is 1. The average Bonchev–Trinajstić information content (AvgIpc) is 3.10. The van der Waals surface area contributed by atoms with Crippen molar-refractivity contribution < 1.29 is 8.42 Å². The van der Waals surface area contributed by atoms with E-state index in [1.807, 2.05) is 6.07 Å². The molecule has 24 heavy (non-hydrogen) atoms. The van der Waals surface area contributed by atoms with E-state index >= 15 is 0 Å². The molecule has 1 aromatic carbocycles. The van der Waals surface area contributed by atoms with Crippen LogP contribution in [0.2, 0.25) is 10.0 Å². The third-order valence-electron chi connectivity index (χ3n) is 3.74. The lowest BCUT2D eigenvalue weighted by Crippen LogP contribution is -2.25. The van der Waals surface area contributed by atoms with Crippen LogP contribution in [0.3, 0.4) is 0 Å². The van der Waals surface area contributed by atoms with Crippen molar-refractivity contribution in [2.75, 3.05) is 18.0 Å². The highest BCUT2D eigenvalue weighted by molar-refractivity contribution is 7.89. The quantitative estimate of drug-likeness (QED) is 0.854. The Bertz CT molecular complexity index is 839. The first-order valence-electron chi connectivity index (χ1n) is 7.47. The van der Waals surface area contributed by atoms with E-state index in [9.17, 15) is 8.42 Å². The molecule has 0 aliphatic carbocycles. The Morgan fingerprint density at radius 2 is 1.88 bits per heavy atom. The van der Waals surface area contributed by atoms with Crippen LogP contribution in [-0.4, -0.2) is 31.5 Å². The van der Waals surface area contributed by atoms with E-state index < -0.39 is 10.0 Å². The Morgan fingerprint density at radius 3 is 2.58 bits per heavy atom. The van der Waals surface area contributed by atoms with Gasteiger partial charge in [0, 0.05) is 19.3 Å². The SMILES string of the molecule is O=S(=O)(NCc1nccc(N2CCCC2)n1)c1ccc(Cl)c(Cl)c1. The van der Waals surface area contributed by atoms with Gasteiger partial charge in [-0.25, -0.2) is 23.1 Å². The van der Waals surface area contributed by atoms with Crippen molar-refractivity contribution in [1.82, 2.24) is 14.7 Å². The molecular weight excluding hydrogens is 371 g/mol. The molecule has 0 amide bonds. The largest absolute Gasteiger partial charge is 0.357 e. The molecule has 1 aliphatic heterocycles. The molecule has 0 unspecified atom stereocenters. The molecule has 1 aliphatic rings. The summed E-state index contributed by atoms with van der Waals surface area (Å²) in [5.41, 5.74) is 0. The number of hydrogen-bond acceptors (Lipinski definition) is 5. The van der Waals surface area contributed by atoms with Gasteiger partial charge in [0.25, 0.3) is 0 Å². The number of nitrogens with zero attached hydrogens (tertiary/aromatic N) is 3. The molecule has 2 heterocycles. The number of nitrogens with one attached hydrogen (secondary N) is 1. The summed E-state index contributed by atoms with van der Waals surface area (Å²) in [5.74, 6) is 1.24. The van der Waals surface area contributed by atoms with Crippen molar-refractivity contribution >= 4 is 39.0 Å². The Morgan fingerprint density at radius 1 is 1.12 bits per heavy atom. The highest BCUT2D eigenvalue weighted by Crippen LogP contribution is 2.24. The Hall–Kier alpha value is -1.41. The van der Waals surface area contributed by atoms with Crippen LogP contribution in [0.1, 0.15) is 18.7 Å². The van der Waals surface area contributed by atoms with Gasteiger partial charge in [-0.3, -0.25) is 0 Å². The minimum absolute atomic E-state index is 0.00423. The van der Waals surface area contributed by atoms with Gasteiger partial charge in [0.15, 0.2) is 0 Å². The van der Waals surface area contributed by atoms with Crippen LogP contribution in [0.5, 0.6) is 0 Å². The van der Waals surface area contributed by atoms with Crippen LogP contribution in [0.25, 0.3) is 0 Å². The number of halogens is 2. The molecule has 9 heteroatoms. The smallest absolute Gasteiger partial charge is 0.241 e. The fraction of sp³-hybridized carbons (Fsp3) is 0.333. The second-order valence-electron chi connectivity index (χ2n) is 5.43. The zero-order chi connectivity index (χ0) is 17.2. The summed E-state index contributed by atoms with van der Waals surface area (Å²) in [4.78, 5) is 10.8. The summed E-state index contributed by atoms with van der Waals surface area (Å²) in [7, 11) is -3.72. The van der Waals surface area contributed by atoms with Crippen molar-refractivity contribution in [3.63, 3.8) is 0 Å². The van der Waals surface area contributed by atoms with E-state index in [4.69, 9.17) is 23.2 Å². The molecule has 2 aromatic rings. The third kappa shape index (κ3) is 3.97. The lowest BCUT2D eigenvalue weighted by Gasteiger charge is -2.16. The third-order valence-corrected chi connectivity index (χ3v) is 5.88. The van der Waals surface area contributed by atoms with Gasteiger partial charge in [-0.05, 0) is 37.1 Å². The second-order valence-corrected chi connectivity index (χ2v) is 8.01. The summed E-state index contributed by atoms with van der Waals surface area (Å²) < 4.78 is 27.1. The molecule has 1 fully saturated rings. The van der Waals surface area contributed by atoms with Crippen LogP contribution in [0, 0.1) is 0 Å². The second kappa shape index (κ2) is 7.23. The van der Waals surface area contributed by atoms with E-state index in [0.29, 0.717) is 10.8 Å². The topological polar surface area (TPSA) is 75.2 Å². The molecule has 1 aromatic heterocycles. The summed E-state index contributed by atoms with van der Waals surface area (Å²) >= 11 is 11.7.